The molecule has 0 unspecified atom stereocenters. The van der Waals surface area contributed by atoms with Crippen LogP contribution in [0, 0.1) is 0 Å². The number of hydrogen-bond acceptors (Lipinski definition) is 4. The minimum absolute atomic E-state index is 0.470. The van der Waals surface area contributed by atoms with Gasteiger partial charge in [0, 0.05) is 13.2 Å². The monoisotopic (exact) mass is 386 g/mol. The summed E-state index contributed by atoms with van der Waals surface area (Å²) in [5, 5.41) is 3.43. The first-order valence-corrected chi connectivity index (χ1v) is 11.9. The zero-order valence-electron chi connectivity index (χ0n) is 18.9. The lowest BCUT2D eigenvalue weighted by Crippen LogP contribution is -2.29. The fraction of sp³-hybridized carbons (Fsp3) is 1.00. The molecular formula is C23H50N2O2. The van der Waals surface area contributed by atoms with E-state index in [2.05, 4.69) is 31.0 Å². The zero-order valence-corrected chi connectivity index (χ0v) is 18.9. The third-order valence-electron chi connectivity index (χ3n) is 4.98. The average molecular weight is 387 g/mol. The van der Waals surface area contributed by atoms with Gasteiger partial charge < -0.3 is 19.7 Å². The molecule has 1 N–H and O–H groups in total. The highest BCUT2D eigenvalue weighted by Gasteiger charge is 2.04. The van der Waals surface area contributed by atoms with E-state index in [1.54, 1.807) is 0 Å². The Bertz CT molecular complexity index is 265. The number of rotatable bonds is 23. The van der Waals surface area contributed by atoms with Gasteiger partial charge in [-0.1, -0.05) is 65.7 Å². The van der Waals surface area contributed by atoms with Crippen LogP contribution in [0.25, 0.3) is 0 Å². The molecular weight excluding hydrogens is 336 g/mol. The predicted molar refractivity (Wildman–Crippen MR) is 119 cm³/mol. The highest BCUT2D eigenvalue weighted by Crippen LogP contribution is 2.05. The van der Waals surface area contributed by atoms with E-state index in [4.69, 9.17) is 9.47 Å². The van der Waals surface area contributed by atoms with Gasteiger partial charge in [0.2, 0.25) is 0 Å². The largest absolute Gasteiger partial charge is 0.355 e. The summed E-state index contributed by atoms with van der Waals surface area (Å²) in [6.45, 7) is 14.8. The van der Waals surface area contributed by atoms with Crippen LogP contribution < -0.4 is 5.32 Å². The molecule has 4 nitrogen and oxygen atoms in total. The Kier molecular flexibility index (Phi) is 23.7. The molecule has 0 aliphatic rings. The summed E-state index contributed by atoms with van der Waals surface area (Å²) in [5.74, 6) is 0. The Hall–Kier alpha value is -0.160. The van der Waals surface area contributed by atoms with E-state index in [0.29, 0.717) is 6.79 Å². The van der Waals surface area contributed by atoms with Crippen LogP contribution >= 0.6 is 0 Å². The molecule has 0 aromatic heterocycles. The number of ether oxygens (including phenoxy) is 2. The molecule has 4 heteroatoms. The van der Waals surface area contributed by atoms with Crippen molar-refractivity contribution >= 4 is 0 Å². The number of hydrogen-bond donors (Lipinski definition) is 1. The minimum atomic E-state index is 0.470. The highest BCUT2D eigenvalue weighted by atomic mass is 16.7. The van der Waals surface area contributed by atoms with Crippen molar-refractivity contribution in [3.05, 3.63) is 0 Å². The summed E-state index contributed by atoms with van der Waals surface area (Å²) in [6, 6.07) is 0. The van der Waals surface area contributed by atoms with Crippen molar-refractivity contribution in [2.75, 3.05) is 52.7 Å². The lowest BCUT2D eigenvalue weighted by atomic mass is 10.1. The maximum Gasteiger partial charge on any atom is 0.146 e. The van der Waals surface area contributed by atoms with Crippen molar-refractivity contribution in [1.82, 2.24) is 10.2 Å². The second kappa shape index (κ2) is 23.9. The van der Waals surface area contributed by atoms with Gasteiger partial charge in [-0.05, 0) is 64.8 Å². The Morgan fingerprint density at radius 3 is 1.78 bits per heavy atom. The van der Waals surface area contributed by atoms with Crippen molar-refractivity contribution < 1.29 is 9.47 Å². The Balaban J connectivity index is 3.46. The van der Waals surface area contributed by atoms with Crippen LogP contribution in [0.2, 0.25) is 0 Å². The summed E-state index contributed by atoms with van der Waals surface area (Å²) < 4.78 is 11.2. The molecule has 0 rings (SSSR count). The fourth-order valence-electron chi connectivity index (χ4n) is 3.23. The van der Waals surface area contributed by atoms with Gasteiger partial charge in [0.1, 0.15) is 6.79 Å². The molecule has 0 fully saturated rings. The molecule has 0 heterocycles. The van der Waals surface area contributed by atoms with Crippen molar-refractivity contribution in [3.8, 4) is 0 Å². The molecule has 0 saturated heterocycles. The van der Waals surface area contributed by atoms with Gasteiger partial charge in [-0.15, -0.1) is 0 Å². The van der Waals surface area contributed by atoms with E-state index in [1.807, 2.05) is 0 Å². The maximum atomic E-state index is 5.62. The highest BCUT2D eigenvalue weighted by molar-refractivity contribution is 4.60. The zero-order chi connectivity index (χ0) is 19.8. The van der Waals surface area contributed by atoms with Gasteiger partial charge >= 0.3 is 0 Å². The maximum absolute atomic E-state index is 5.62. The van der Waals surface area contributed by atoms with Crippen LogP contribution in [0.5, 0.6) is 0 Å². The second-order valence-electron chi connectivity index (χ2n) is 7.67. The average Bonchev–Trinajstić information content (AvgIpc) is 2.68. The van der Waals surface area contributed by atoms with E-state index >= 15 is 0 Å². The third kappa shape index (κ3) is 22.0. The smallest absolute Gasteiger partial charge is 0.146 e. The van der Waals surface area contributed by atoms with E-state index in [9.17, 15) is 0 Å². The quantitative estimate of drug-likeness (QED) is 0.183. The Labute approximate surface area is 170 Å². The van der Waals surface area contributed by atoms with E-state index < -0.39 is 0 Å². The van der Waals surface area contributed by atoms with Crippen molar-refractivity contribution in [3.63, 3.8) is 0 Å². The number of unbranched alkanes of at least 4 members (excludes halogenated alkanes) is 8. The van der Waals surface area contributed by atoms with E-state index in [1.165, 1.54) is 90.3 Å². The Morgan fingerprint density at radius 1 is 0.593 bits per heavy atom. The van der Waals surface area contributed by atoms with Crippen LogP contribution in [0.15, 0.2) is 0 Å². The second-order valence-corrected chi connectivity index (χ2v) is 7.67. The molecule has 164 valence electrons. The standard InChI is InChI=1S/C23H50N2O2/c1-4-7-9-10-11-14-21-26-23-27-22-15-13-19-25(18-12-8-5-2)20-16-17-24-6-3/h24H,4-23H2,1-3H3. The van der Waals surface area contributed by atoms with Gasteiger partial charge in [-0.25, -0.2) is 0 Å². The van der Waals surface area contributed by atoms with Crippen molar-refractivity contribution in [1.29, 1.82) is 0 Å². The number of nitrogens with zero attached hydrogens (tertiary/aromatic N) is 1. The minimum Gasteiger partial charge on any atom is -0.355 e. The molecule has 0 radical (unpaired) electrons. The van der Waals surface area contributed by atoms with E-state index in [-0.39, 0.29) is 0 Å². The first-order chi connectivity index (χ1) is 13.3. The molecule has 0 aromatic carbocycles. The first kappa shape index (κ1) is 26.8. The molecule has 0 saturated carbocycles. The SMILES string of the molecule is CCCCCCCCOCOCCCCN(CCCCC)CCCNCC. The van der Waals surface area contributed by atoms with Gasteiger partial charge in [0.15, 0.2) is 0 Å². The molecule has 0 aliphatic heterocycles. The molecule has 27 heavy (non-hydrogen) atoms. The molecule has 0 aliphatic carbocycles. The van der Waals surface area contributed by atoms with Gasteiger partial charge in [0.25, 0.3) is 0 Å². The van der Waals surface area contributed by atoms with Crippen LogP contribution in [-0.4, -0.2) is 57.6 Å². The van der Waals surface area contributed by atoms with Crippen LogP contribution in [0.3, 0.4) is 0 Å². The molecule has 0 bridgehead atoms. The predicted octanol–water partition coefficient (Wildman–Crippen LogP) is 5.61. The third-order valence-corrected chi connectivity index (χ3v) is 4.98. The van der Waals surface area contributed by atoms with Crippen LogP contribution in [0.4, 0.5) is 0 Å². The number of nitrogens with one attached hydrogen (secondary N) is 1. The summed E-state index contributed by atoms with van der Waals surface area (Å²) in [6.07, 6.45) is 15.5. The molecule has 0 amide bonds. The molecule has 0 aromatic rings. The summed E-state index contributed by atoms with van der Waals surface area (Å²) in [4.78, 5) is 2.64. The van der Waals surface area contributed by atoms with Crippen molar-refractivity contribution in [2.45, 2.75) is 97.8 Å². The van der Waals surface area contributed by atoms with E-state index in [0.717, 1.165) is 32.7 Å². The normalized spacial score (nSPS) is 11.6. The topological polar surface area (TPSA) is 33.7 Å². The van der Waals surface area contributed by atoms with Crippen molar-refractivity contribution in [2.24, 2.45) is 0 Å². The lowest BCUT2D eigenvalue weighted by Gasteiger charge is -2.22. The van der Waals surface area contributed by atoms with Gasteiger partial charge in [-0.2, -0.15) is 0 Å². The van der Waals surface area contributed by atoms with Gasteiger partial charge in [0.05, 0.1) is 0 Å². The summed E-state index contributed by atoms with van der Waals surface area (Å²) in [7, 11) is 0. The summed E-state index contributed by atoms with van der Waals surface area (Å²) >= 11 is 0. The molecule has 0 atom stereocenters. The summed E-state index contributed by atoms with van der Waals surface area (Å²) in [5.41, 5.74) is 0. The van der Waals surface area contributed by atoms with Gasteiger partial charge in [-0.3, -0.25) is 0 Å². The van der Waals surface area contributed by atoms with Crippen LogP contribution in [0.1, 0.15) is 97.8 Å². The Morgan fingerprint density at radius 2 is 1.11 bits per heavy atom. The molecule has 0 spiro atoms. The first-order valence-electron chi connectivity index (χ1n) is 11.9. The fourth-order valence-corrected chi connectivity index (χ4v) is 3.23. The lowest BCUT2D eigenvalue weighted by molar-refractivity contribution is -0.0558. The van der Waals surface area contributed by atoms with Crippen LogP contribution in [-0.2, 0) is 9.47 Å².